The van der Waals surface area contributed by atoms with Crippen molar-refractivity contribution in [3.8, 4) is 11.3 Å². The quantitative estimate of drug-likeness (QED) is 0.809. The molecule has 0 spiro atoms. The smallest absolute Gasteiger partial charge is 0.225 e. The van der Waals surface area contributed by atoms with E-state index in [1.165, 1.54) is 18.3 Å². The van der Waals surface area contributed by atoms with E-state index in [-0.39, 0.29) is 11.8 Å². The lowest BCUT2D eigenvalue weighted by Crippen LogP contribution is -2.08. The lowest BCUT2D eigenvalue weighted by Gasteiger charge is -2.03. The molecule has 0 aliphatic heterocycles. The van der Waals surface area contributed by atoms with E-state index >= 15 is 0 Å². The number of carbonyl (C=O) groups is 2. The van der Waals surface area contributed by atoms with Gasteiger partial charge in [0.1, 0.15) is 10.7 Å². The second-order valence-corrected chi connectivity index (χ2v) is 5.42. The molecule has 2 amide bonds. The second-order valence-electron chi connectivity index (χ2n) is 4.39. The van der Waals surface area contributed by atoms with Gasteiger partial charge in [-0.1, -0.05) is 30.4 Å². The molecule has 1 heterocycles. The first-order chi connectivity index (χ1) is 9.99. The van der Waals surface area contributed by atoms with Crippen LogP contribution in [0.15, 0.2) is 24.3 Å². The van der Waals surface area contributed by atoms with Gasteiger partial charge in [0.25, 0.3) is 0 Å². The molecule has 6 nitrogen and oxygen atoms in total. The van der Waals surface area contributed by atoms with E-state index in [4.69, 9.17) is 5.73 Å². The number of thiazole rings is 1. The number of hydrogen-bond donors (Lipinski definition) is 3. The van der Waals surface area contributed by atoms with E-state index in [0.29, 0.717) is 27.9 Å². The maximum Gasteiger partial charge on any atom is 0.225 e. The highest BCUT2D eigenvalue weighted by Gasteiger charge is 2.12. The van der Waals surface area contributed by atoms with E-state index < -0.39 is 0 Å². The van der Waals surface area contributed by atoms with Crippen molar-refractivity contribution in [1.29, 1.82) is 0 Å². The molecule has 7 heteroatoms. The van der Waals surface area contributed by atoms with Crippen molar-refractivity contribution < 1.29 is 9.59 Å². The van der Waals surface area contributed by atoms with Gasteiger partial charge >= 0.3 is 0 Å². The summed E-state index contributed by atoms with van der Waals surface area (Å²) in [7, 11) is 0. The molecule has 110 valence electrons. The highest BCUT2D eigenvalue weighted by atomic mass is 32.1. The van der Waals surface area contributed by atoms with E-state index in [2.05, 4.69) is 15.6 Å². The molecule has 0 bridgehead atoms. The fourth-order valence-corrected chi connectivity index (χ4v) is 2.48. The van der Waals surface area contributed by atoms with Gasteiger partial charge < -0.3 is 16.4 Å². The Balaban J connectivity index is 2.21. The number of nitrogens with two attached hydrogens (primary N) is 1. The third kappa shape index (κ3) is 3.79. The van der Waals surface area contributed by atoms with Gasteiger partial charge in [-0.25, -0.2) is 4.98 Å². The first kappa shape index (κ1) is 15.0. The summed E-state index contributed by atoms with van der Waals surface area (Å²) in [6, 6.07) is 7.20. The van der Waals surface area contributed by atoms with E-state index in [9.17, 15) is 9.59 Å². The standard InChI is InChI=1S/C14H16N4O2S/c1-3-11(20)17-14-18-12(13(15)21-14)9-4-6-10(7-5-9)16-8(2)19/h4-7H,3,15H2,1-2H3,(H,16,19)(H,17,18,20). The zero-order chi connectivity index (χ0) is 15.4. The van der Waals surface area contributed by atoms with Gasteiger partial charge in [-0.05, 0) is 12.1 Å². The average molecular weight is 304 g/mol. The molecule has 0 radical (unpaired) electrons. The highest BCUT2D eigenvalue weighted by Crippen LogP contribution is 2.33. The Morgan fingerprint density at radius 1 is 1.24 bits per heavy atom. The summed E-state index contributed by atoms with van der Waals surface area (Å²) in [5.41, 5.74) is 8.11. The predicted molar refractivity (Wildman–Crippen MR) is 85.2 cm³/mol. The minimum absolute atomic E-state index is 0.101. The minimum atomic E-state index is -0.125. The number of nitrogen functional groups attached to an aromatic ring is 1. The molecule has 0 unspecified atom stereocenters. The molecule has 0 aliphatic carbocycles. The maximum atomic E-state index is 11.4. The molecule has 0 saturated carbocycles. The Morgan fingerprint density at radius 2 is 1.90 bits per heavy atom. The summed E-state index contributed by atoms with van der Waals surface area (Å²) in [5.74, 6) is -0.225. The molecule has 0 fully saturated rings. The van der Waals surface area contributed by atoms with Crippen LogP contribution in [0, 0.1) is 0 Å². The number of amides is 2. The Labute approximate surface area is 126 Å². The zero-order valence-electron chi connectivity index (χ0n) is 11.8. The molecule has 1 aromatic carbocycles. The summed E-state index contributed by atoms with van der Waals surface area (Å²) in [6.07, 6.45) is 0.389. The Kier molecular flexibility index (Phi) is 4.54. The predicted octanol–water partition coefficient (Wildman–Crippen LogP) is 2.70. The first-order valence-electron chi connectivity index (χ1n) is 6.43. The lowest BCUT2D eigenvalue weighted by atomic mass is 10.1. The summed E-state index contributed by atoms with van der Waals surface area (Å²) >= 11 is 1.23. The second kappa shape index (κ2) is 6.36. The van der Waals surface area contributed by atoms with E-state index in [0.717, 1.165) is 5.56 Å². The van der Waals surface area contributed by atoms with Crippen LogP contribution in [0.4, 0.5) is 15.8 Å². The van der Waals surface area contributed by atoms with Crippen molar-refractivity contribution in [1.82, 2.24) is 4.98 Å². The Bertz CT molecular complexity index is 664. The average Bonchev–Trinajstić information content (AvgIpc) is 2.79. The highest BCUT2D eigenvalue weighted by molar-refractivity contribution is 7.20. The normalized spacial score (nSPS) is 10.2. The third-order valence-corrected chi connectivity index (χ3v) is 3.50. The number of nitrogens with zero attached hydrogens (tertiary/aromatic N) is 1. The van der Waals surface area contributed by atoms with Crippen LogP contribution in [-0.4, -0.2) is 16.8 Å². The largest absolute Gasteiger partial charge is 0.389 e. The summed E-state index contributed by atoms with van der Waals surface area (Å²) < 4.78 is 0. The van der Waals surface area contributed by atoms with Gasteiger partial charge in [0.05, 0.1) is 0 Å². The van der Waals surface area contributed by atoms with Crippen LogP contribution in [-0.2, 0) is 9.59 Å². The lowest BCUT2D eigenvalue weighted by molar-refractivity contribution is -0.116. The van der Waals surface area contributed by atoms with Crippen LogP contribution < -0.4 is 16.4 Å². The Morgan fingerprint density at radius 3 is 2.48 bits per heavy atom. The molecule has 4 N–H and O–H groups in total. The van der Waals surface area contributed by atoms with Crippen molar-refractivity contribution >= 4 is 39.0 Å². The molecule has 0 saturated heterocycles. The molecule has 21 heavy (non-hydrogen) atoms. The number of nitrogens with one attached hydrogen (secondary N) is 2. The molecule has 1 aromatic heterocycles. The fraction of sp³-hybridized carbons (Fsp3) is 0.214. The molecular formula is C14H16N4O2S. The van der Waals surface area contributed by atoms with Crippen molar-refractivity contribution in [3.63, 3.8) is 0 Å². The molecule has 2 rings (SSSR count). The van der Waals surface area contributed by atoms with Gasteiger partial charge in [0, 0.05) is 24.6 Å². The van der Waals surface area contributed by atoms with Crippen molar-refractivity contribution in [2.45, 2.75) is 20.3 Å². The fourth-order valence-electron chi connectivity index (χ4n) is 1.71. The maximum absolute atomic E-state index is 11.4. The summed E-state index contributed by atoms with van der Waals surface area (Å²) in [5, 5.41) is 6.41. The van der Waals surface area contributed by atoms with Crippen molar-refractivity contribution in [2.75, 3.05) is 16.4 Å². The molecule has 0 atom stereocenters. The zero-order valence-corrected chi connectivity index (χ0v) is 12.6. The van der Waals surface area contributed by atoms with Crippen LogP contribution >= 0.6 is 11.3 Å². The van der Waals surface area contributed by atoms with Crippen LogP contribution in [0.3, 0.4) is 0 Å². The number of aromatic nitrogens is 1. The summed E-state index contributed by atoms with van der Waals surface area (Å²) in [6.45, 7) is 3.23. The number of rotatable bonds is 4. The van der Waals surface area contributed by atoms with Crippen molar-refractivity contribution in [2.24, 2.45) is 0 Å². The first-order valence-corrected chi connectivity index (χ1v) is 7.25. The monoisotopic (exact) mass is 304 g/mol. The van der Waals surface area contributed by atoms with Crippen LogP contribution in [0.25, 0.3) is 11.3 Å². The van der Waals surface area contributed by atoms with E-state index in [1.807, 2.05) is 12.1 Å². The Hall–Kier alpha value is -2.41. The van der Waals surface area contributed by atoms with Crippen molar-refractivity contribution in [3.05, 3.63) is 24.3 Å². The third-order valence-electron chi connectivity index (χ3n) is 2.70. The number of hydrogen-bond acceptors (Lipinski definition) is 5. The van der Waals surface area contributed by atoms with Crippen LogP contribution in [0.5, 0.6) is 0 Å². The summed E-state index contributed by atoms with van der Waals surface area (Å²) in [4.78, 5) is 26.7. The van der Waals surface area contributed by atoms with Crippen LogP contribution in [0.1, 0.15) is 20.3 Å². The molecule has 0 aliphatic rings. The van der Waals surface area contributed by atoms with Gasteiger partial charge in [0.15, 0.2) is 5.13 Å². The van der Waals surface area contributed by atoms with Gasteiger partial charge in [-0.3, -0.25) is 9.59 Å². The minimum Gasteiger partial charge on any atom is -0.389 e. The van der Waals surface area contributed by atoms with Gasteiger partial charge in [-0.15, -0.1) is 0 Å². The van der Waals surface area contributed by atoms with E-state index in [1.54, 1.807) is 19.1 Å². The number of carbonyl (C=O) groups excluding carboxylic acids is 2. The topological polar surface area (TPSA) is 97.1 Å². The molecular weight excluding hydrogens is 288 g/mol. The van der Waals surface area contributed by atoms with Gasteiger partial charge in [-0.2, -0.15) is 0 Å². The number of anilines is 3. The number of benzene rings is 1. The molecule has 2 aromatic rings. The van der Waals surface area contributed by atoms with Crippen LogP contribution in [0.2, 0.25) is 0 Å². The van der Waals surface area contributed by atoms with Gasteiger partial charge in [0.2, 0.25) is 11.8 Å². The SMILES string of the molecule is CCC(=O)Nc1nc(-c2ccc(NC(C)=O)cc2)c(N)s1.